The molecule has 0 radical (unpaired) electrons. The van der Waals surface area contributed by atoms with E-state index in [4.69, 9.17) is 21.6 Å². The fourth-order valence-electron chi connectivity index (χ4n) is 1.51. The number of hydrogen-bond acceptors (Lipinski definition) is 3. The zero-order valence-corrected chi connectivity index (χ0v) is 10.2. The molecular weight excluding hydrogens is 238 g/mol. The van der Waals surface area contributed by atoms with Gasteiger partial charge in [0.25, 0.3) is 0 Å². The largest absolute Gasteiger partial charge is 0.436 e. The number of para-hydroxylation sites is 1. The van der Waals surface area contributed by atoms with Gasteiger partial charge in [0.05, 0.1) is 10.7 Å². The summed E-state index contributed by atoms with van der Waals surface area (Å²) in [7, 11) is 1.72. The molecule has 2 aromatic rings. The molecule has 0 bridgehead atoms. The Morgan fingerprint density at radius 2 is 2.12 bits per heavy atom. The fraction of sp³-hybridized carbons (Fsp3) is 0.167. The minimum atomic E-state index is 0.401. The summed E-state index contributed by atoms with van der Waals surface area (Å²) in [5.74, 6) is 0.909. The molecule has 0 N–H and O–H groups in total. The quantitative estimate of drug-likeness (QED) is 0.820. The van der Waals surface area contributed by atoms with Crippen molar-refractivity contribution in [3.63, 3.8) is 0 Å². The fourth-order valence-corrected chi connectivity index (χ4v) is 1.69. The summed E-state index contributed by atoms with van der Waals surface area (Å²) in [4.78, 5) is 0. The first-order valence-corrected chi connectivity index (χ1v) is 5.37. The molecule has 1 heterocycles. The Balaban J connectivity index is 2.44. The van der Waals surface area contributed by atoms with Crippen molar-refractivity contribution in [2.75, 3.05) is 0 Å². The van der Waals surface area contributed by atoms with E-state index in [1.165, 1.54) is 4.68 Å². The Morgan fingerprint density at radius 1 is 1.41 bits per heavy atom. The van der Waals surface area contributed by atoms with Crippen LogP contribution in [0.4, 0.5) is 0 Å². The molecule has 17 heavy (non-hydrogen) atoms. The average molecular weight is 248 g/mol. The van der Waals surface area contributed by atoms with Crippen molar-refractivity contribution in [2.24, 2.45) is 7.05 Å². The highest BCUT2D eigenvalue weighted by molar-refractivity contribution is 6.32. The summed E-state index contributed by atoms with van der Waals surface area (Å²) >= 11 is 5.99. The second-order valence-corrected chi connectivity index (χ2v) is 3.94. The molecule has 0 aliphatic carbocycles. The summed E-state index contributed by atoms with van der Waals surface area (Å²) in [6, 6.07) is 9.17. The van der Waals surface area contributed by atoms with E-state index in [2.05, 4.69) is 11.2 Å². The molecule has 86 valence electrons. The number of ether oxygens (including phenoxy) is 1. The minimum Gasteiger partial charge on any atom is -0.436 e. The molecule has 0 spiro atoms. The molecule has 0 unspecified atom stereocenters. The zero-order chi connectivity index (χ0) is 12.4. The number of nitrogens with zero attached hydrogens (tertiary/aromatic N) is 3. The predicted molar refractivity (Wildman–Crippen MR) is 64.2 cm³/mol. The molecule has 1 aromatic heterocycles. The third-order valence-electron chi connectivity index (χ3n) is 2.32. The van der Waals surface area contributed by atoms with Crippen LogP contribution in [0.1, 0.15) is 11.3 Å². The van der Waals surface area contributed by atoms with Gasteiger partial charge >= 0.3 is 0 Å². The Morgan fingerprint density at radius 3 is 2.76 bits per heavy atom. The first-order valence-electron chi connectivity index (χ1n) is 4.99. The highest BCUT2D eigenvalue weighted by Gasteiger charge is 2.15. The van der Waals surface area contributed by atoms with Gasteiger partial charge in [0.2, 0.25) is 5.88 Å². The molecule has 1 aromatic carbocycles. The molecule has 4 nitrogen and oxygen atoms in total. The SMILES string of the molecule is Cc1nn(C)c(Oc2ccccc2Cl)c1C#N. The van der Waals surface area contributed by atoms with E-state index in [1.807, 2.05) is 12.1 Å². The van der Waals surface area contributed by atoms with Crippen LogP contribution in [0, 0.1) is 18.3 Å². The van der Waals surface area contributed by atoms with Gasteiger partial charge in [0.15, 0.2) is 0 Å². The summed E-state index contributed by atoms with van der Waals surface area (Å²) < 4.78 is 7.15. The Hall–Kier alpha value is -1.99. The number of nitriles is 1. The van der Waals surface area contributed by atoms with Gasteiger partial charge in [-0.15, -0.1) is 0 Å². The summed E-state index contributed by atoms with van der Waals surface area (Å²) in [5.41, 5.74) is 1.06. The van der Waals surface area contributed by atoms with E-state index in [1.54, 1.807) is 26.1 Å². The van der Waals surface area contributed by atoms with Crippen molar-refractivity contribution in [3.8, 4) is 17.7 Å². The maximum absolute atomic E-state index is 9.04. The van der Waals surface area contributed by atoms with Gasteiger partial charge in [-0.1, -0.05) is 23.7 Å². The third-order valence-corrected chi connectivity index (χ3v) is 2.64. The van der Waals surface area contributed by atoms with Crippen LogP contribution >= 0.6 is 11.6 Å². The smallest absolute Gasteiger partial charge is 0.235 e. The molecule has 0 fully saturated rings. The lowest BCUT2D eigenvalue weighted by atomic mass is 10.3. The molecule has 2 rings (SSSR count). The molecule has 5 heteroatoms. The van der Waals surface area contributed by atoms with Crippen molar-refractivity contribution >= 4 is 11.6 Å². The van der Waals surface area contributed by atoms with Crippen LogP contribution < -0.4 is 4.74 Å². The van der Waals surface area contributed by atoms with Crippen molar-refractivity contribution in [2.45, 2.75) is 6.92 Å². The van der Waals surface area contributed by atoms with Gasteiger partial charge in [0.1, 0.15) is 17.4 Å². The van der Waals surface area contributed by atoms with E-state index in [9.17, 15) is 0 Å². The number of rotatable bonds is 2. The van der Waals surface area contributed by atoms with Crippen LogP contribution in [0.5, 0.6) is 11.6 Å². The summed E-state index contributed by atoms with van der Waals surface area (Å²) in [5, 5.41) is 13.7. The predicted octanol–water partition coefficient (Wildman–Crippen LogP) is 3.05. The van der Waals surface area contributed by atoms with Crippen LogP contribution in [-0.2, 0) is 7.05 Å². The van der Waals surface area contributed by atoms with E-state index in [-0.39, 0.29) is 0 Å². The number of halogens is 1. The van der Waals surface area contributed by atoms with Crippen LogP contribution in [0.15, 0.2) is 24.3 Å². The second kappa shape index (κ2) is 4.48. The highest BCUT2D eigenvalue weighted by atomic mass is 35.5. The molecule has 0 amide bonds. The average Bonchev–Trinajstić information content (AvgIpc) is 2.56. The minimum absolute atomic E-state index is 0.401. The highest BCUT2D eigenvalue weighted by Crippen LogP contribution is 2.31. The number of aromatic nitrogens is 2. The van der Waals surface area contributed by atoms with E-state index in [0.29, 0.717) is 27.9 Å². The normalized spacial score (nSPS) is 10.0. The van der Waals surface area contributed by atoms with Crippen molar-refractivity contribution < 1.29 is 4.74 Å². The Kier molecular flexibility index (Phi) is 3.03. The van der Waals surface area contributed by atoms with Crippen molar-refractivity contribution in [1.29, 1.82) is 5.26 Å². The van der Waals surface area contributed by atoms with Crippen molar-refractivity contribution in [1.82, 2.24) is 9.78 Å². The van der Waals surface area contributed by atoms with Crippen LogP contribution in [0.2, 0.25) is 5.02 Å². The zero-order valence-electron chi connectivity index (χ0n) is 9.44. The van der Waals surface area contributed by atoms with Gasteiger partial charge in [-0.05, 0) is 19.1 Å². The van der Waals surface area contributed by atoms with Gasteiger partial charge in [-0.2, -0.15) is 10.4 Å². The maximum atomic E-state index is 9.04. The number of benzene rings is 1. The number of hydrogen-bond donors (Lipinski definition) is 0. The van der Waals surface area contributed by atoms with Crippen LogP contribution in [0.25, 0.3) is 0 Å². The van der Waals surface area contributed by atoms with Crippen molar-refractivity contribution in [3.05, 3.63) is 40.5 Å². The second-order valence-electron chi connectivity index (χ2n) is 3.53. The standard InChI is InChI=1S/C12H10ClN3O/c1-8-9(7-14)12(16(2)15-8)17-11-6-4-3-5-10(11)13/h3-6H,1-2H3. The molecule has 0 aliphatic heterocycles. The molecule has 0 saturated carbocycles. The van der Waals surface area contributed by atoms with Gasteiger partial charge in [0, 0.05) is 7.05 Å². The van der Waals surface area contributed by atoms with Gasteiger partial charge in [-0.25, -0.2) is 4.68 Å². The van der Waals surface area contributed by atoms with E-state index < -0.39 is 0 Å². The molecule has 0 aliphatic rings. The number of aryl methyl sites for hydroxylation is 2. The lowest BCUT2D eigenvalue weighted by Crippen LogP contribution is -1.96. The van der Waals surface area contributed by atoms with Crippen LogP contribution in [0.3, 0.4) is 0 Å². The van der Waals surface area contributed by atoms with Crippen LogP contribution in [-0.4, -0.2) is 9.78 Å². The molecule has 0 atom stereocenters. The van der Waals surface area contributed by atoms with Gasteiger partial charge in [-0.3, -0.25) is 0 Å². The molecule has 0 saturated heterocycles. The maximum Gasteiger partial charge on any atom is 0.235 e. The lowest BCUT2D eigenvalue weighted by molar-refractivity contribution is 0.429. The summed E-state index contributed by atoms with van der Waals surface area (Å²) in [6.45, 7) is 1.76. The Bertz CT molecular complexity index is 598. The Labute approximate surface area is 104 Å². The van der Waals surface area contributed by atoms with E-state index >= 15 is 0 Å². The summed E-state index contributed by atoms with van der Waals surface area (Å²) in [6.07, 6.45) is 0. The topological polar surface area (TPSA) is 50.8 Å². The first kappa shape index (κ1) is 11.5. The first-order chi connectivity index (χ1) is 8.13. The monoisotopic (exact) mass is 247 g/mol. The third kappa shape index (κ3) is 2.10. The lowest BCUT2D eigenvalue weighted by Gasteiger charge is -2.07. The van der Waals surface area contributed by atoms with Gasteiger partial charge < -0.3 is 4.74 Å². The van der Waals surface area contributed by atoms with E-state index in [0.717, 1.165) is 0 Å². The molecular formula is C12H10ClN3O.